The zero-order chi connectivity index (χ0) is 15.5. The molecule has 0 aliphatic rings. The minimum Gasteiger partial charge on any atom is -0.383 e. The Bertz CT molecular complexity index is 378. The average Bonchev–Trinajstić information content (AvgIpc) is 2.48. The van der Waals surface area contributed by atoms with Crippen molar-refractivity contribution >= 4 is 5.69 Å². The number of aromatic nitrogens is 1. The van der Waals surface area contributed by atoms with Crippen molar-refractivity contribution in [3.8, 4) is 0 Å². The van der Waals surface area contributed by atoms with Crippen LogP contribution in [0.15, 0.2) is 18.5 Å². The lowest BCUT2D eigenvalue weighted by Gasteiger charge is -2.26. The second-order valence-electron chi connectivity index (χ2n) is 5.50. The molecule has 0 atom stereocenters. The molecule has 1 heterocycles. The molecule has 0 spiro atoms. The highest BCUT2D eigenvalue weighted by molar-refractivity contribution is 5.51. The highest BCUT2D eigenvalue weighted by Crippen LogP contribution is 2.19. The number of hydrogen-bond donors (Lipinski definition) is 1. The molecule has 0 aliphatic heterocycles. The molecular weight excluding hydrogens is 266 g/mol. The summed E-state index contributed by atoms with van der Waals surface area (Å²) in [6.07, 6.45) is 3.78. The van der Waals surface area contributed by atoms with Gasteiger partial charge in [-0.2, -0.15) is 0 Å². The number of ether oxygens (including phenoxy) is 2. The van der Waals surface area contributed by atoms with E-state index < -0.39 is 0 Å². The van der Waals surface area contributed by atoms with Crippen molar-refractivity contribution in [2.45, 2.75) is 20.4 Å². The van der Waals surface area contributed by atoms with Crippen LogP contribution in [0.25, 0.3) is 0 Å². The summed E-state index contributed by atoms with van der Waals surface area (Å²) in [5.74, 6) is 0.647. The molecular formula is C16H29N3O2. The van der Waals surface area contributed by atoms with Gasteiger partial charge in [0.1, 0.15) is 0 Å². The van der Waals surface area contributed by atoms with Crippen LogP contribution in [0.1, 0.15) is 19.4 Å². The van der Waals surface area contributed by atoms with Gasteiger partial charge in [-0.25, -0.2) is 0 Å². The van der Waals surface area contributed by atoms with Gasteiger partial charge in [-0.3, -0.25) is 4.98 Å². The predicted molar refractivity (Wildman–Crippen MR) is 86.7 cm³/mol. The van der Waals surface area contributed by atoms with Crippen molar-refractivity contribution in [3.05, 3.63) is 24.0 Å². The van der Waals surface area contributed by atoms with E-state index in [1.165, 1.54) is 5.56 Å². The topological polar surface area (TPSA) is 46.6 Å². The first-order valence-corrected chi connectivity index (χ1v) is 7.55. The lowest BCUT2D eigenvalue weighted by atomic mass is 10.2. The Hall–Kier alpha value is -1.17. The summed E-state index contributed by atoms with van der Waals surface area (Å²) >= 11 is 0. The molecule has 0 aromatic carbocycles. The zero-order valence-electron chi connectivity index (χ0n) is 13.8. The smallest absolute Gasteiger partial charge is 0.0637 e. The van der Waals surface area contributed by atoms with Crippen molar-refractivity contribution < 1.29 is 9.47 Å². The molecule has 0 saturated heterocycles. The fraction of sp³-hybridized carbons (Fsp3) is 0.688. The minimum atomic E-state index is 0.647. The van der Waals surface area contributed by atoms with Crippen LogP contribution in [0.5, 0.6) is 0 Å². The van der Waals surface area contributed by atoms with Crippen molar-refractivity contribution in [2.75, 3.05) is 52.0 Å². The summed E-state index contributed by atoms with van der Waals surface area (Å²) in [5, 5.41) is 3.49. The normalized spacial score (nSPS) is 11.1. The third-order valence-electron chi connectivity index (χ3n) is 3.23. The van der Waals surface area contributed by atoms with Gasteiger partial charge in [0.2, 0.25) is 0 Å². The van der Waals surface area contributed by atoms with Crippen molar-refractivity contribution in [1.82, 2.24) is 10.3 Å². The zero-order valence-corrected chi connectivity index (χ0v) is 13.8. The fourth-order valence-electron chi connectivity index (χ4n) is 2.10. The van der Waals surface area contributed by atoms with Gasteiger partial charge in [0, 0.05) is 40.1 Å². The maximum Gasteiger partial charge on any atom is 0.0637 e. The van der Waals surface area contributed by atoms with Gasteiger partial charge in [-0.15, -0.1) is 0 Å². The molecule has 1 aromatic heterocycles. The molecule has 5 heteroatoms. The molecule has 0 fully saturated rings. The Kier molecular flexibility index (Phi) is 8.98. The molecule has 0 amide bonds. The van der Waals surface area contributed by atoms with E-state index in [0.29, 0.717) is 19.1 Å². The largest absolute Gasteiger partial charge is 0.383 e. The monoisotopic (exact) mass is 295 g/mol. The van der Waals surface area contributed by atoms with Crippen molar-refractivity contribution in [3.63, 3.8) is 0 Å². The standard InChI is InChI=1S/C16H29N3O2/c1-14(2)11-18-12-15-5-6-17-13-16(15)19(7-9-20-3)8-10-21-4/h5-6,13-14,18H,7-12H2,1-4H3. The second-order valence-corrected chi connectivity index (χ2v) is 5.50. The van der Waals surface area contributed by atoms with Gasteiger partial charge < -0.3 is 19.7 Å². The van der Waals surface area contributed by atoms with Crippen molar-refractivity contribution in [1.29, 1.82) is 0 Å². The molecule has 1 rings (SSSR count). The predicted octanol–water partition coefficient (Wildman–Crippen LogP) is 1.93. The summed E-state index contributed by atoms with van der Waals surface area (Å²) < 4.78 is 10.4. The number of pyridine rings is 1. The van der Waals surface area contributed by atoms with E-state index in [9.17, 15) is 0 Å². The number of anilines is 1. The van der Waals surface area contributed by atoms with Gasteiger partial charge in [-0.05, 0) is 24.1 Å². The van der Waals surface area contributed by atoms with Crippen LogP contribution in [-0.2, 0) is 16.0 Å². The van der Waals surface area contributed by atoms with E-state index in [2.05, 4.69) is 35.1 Å². The minimum absolute atomic E-state index is 0.647. The number of hydrogen-bond acceptors (Lipinski definition) is 5. The second kappa shape index (κ2) is 10.5. The summed E-state index contributed by atoms with van der Waals surface area (Å²) in [4.78, 5) is 6.54. The van der Waals surface area contributed by atoms with E-state index in [-0.39, 0.29) is 0 Å². The molecule has 120 valence electrons. The Morgan fingerprint density at radius 2 is 1.86 bits per heavy atom. The van der Waals surface area contributed by atoms with Crippen molar-refractivity contribution in [2.24, 2.45) is 5.92 Å². The average molecular weight is 295 g/mol. The lowest BCUT2D eigenvalue weighted by Crippen LogP contribution is -2.32. The molecule has 0 radical (unpaired) electrons. The van der Waals surface area contributed by atoms with Crippen LogP contribution in [-0.4, -0.2) is 52.1 Å². The molecule has 1 N–H and O–H groups in total. The third kappa shape index (κ3) is 6.89. The summed E-state index contributed by atoms with van der Waals surface area (Å²) in [6.45, 7) is 9.35. The van der Waals surface area contributed by atoms with E-state index in [4.69, 9.17) is 9.47 Å². The van der Waals surface area contributed by atoms with E-state index in [0.717, 1.165) is 31.9 Å². The lowest BCUT2D eigenvalue weighted by molar-refractivity contribution is 0.190. The quantitative estimate of drug-likeness (QED) is 0.676. The maximum atomic E-state index is 5.21. The van der Waals surface area contributed by atoms with Crippen LogP contribution in [0, 0.1) is 5.92 Å². The summed E-state index contributed by atoms with van der Waals surface area (Å²) in [7, 11) is 3.45. The first-order chi connectivity index (χ1) is 10.2. The molecule has 21 heavy (non-hydrogen) atoms. The number of nitrogens with one attached hydrogen (secondary N) is 1. The Labute approximate surface area is 128 Å². The molecule has 1 aromatic rings. The summed E-state index contributed by atoms with van der Waals surface area (Å²) in [5.41, 5.74) is 2.42. The van der Waals surface area contributed by atoms with Crippen LogP contribution in [0.2, 0.25) is 0 Å². The van der Waals surface area contributed by atoms with Crippen LogP contribution in [0.4, 0.5) is 5.69 Å². The highest BCUT2D eigenvalue weighted by Gasteiger charge is 2.11. The number of rotatable bonds is 11. The van der Waals surface area contributed by atoms with Gasteiger partial charge >= 0.3 is 0 Å². The molecule has 0 bridgehead atoms. The molecule has 0 aliphatic carbocycles. The Balaban J connectivity index is 2.75. The number of methoxy groups -OCH3 is 2. The highest BCUT2D eigenvalue weighted by atomic mass is 16.5. The molecule has 5 nitrogen and oxygen atoms in total. The summed E-state index contributed by atoms with van der Waals surface area (Å²) in [6, 6.07) is 2.08. The molecule has 0 saturated carbocycles. The van der Waals surface area contributed by atoms with Gasteiger partial charge in [0.25, 0.3) is 0 Å². The Morgan fingerprint density at radius 3 is 2.43 bits per heavy atom. The fourth-order valence-corrected chi connectivity index (χ4v) is 2.10. The van der Waals surface area contributed by atoms with Crippen LogP contribution in [0.3, 0.4) is 0 Å². The van der Waals surface area contributed by atoms with Crippen LogP contribution < -0.4 is 10.2 Å². The SMILES string of the molecule is COCCN(CCOC)c1cnccc1CNCC(C)C. The third-order valence-corrected chi connectivity index (χ3v) is 3.23. The van der Waals surface area contributed by atoms with E-state index >= 15 is 0 Å². The van der Waals surface area contributed by atoms with E-state index in [1.54, 1.807) is 14.2 Å². The molecule has 0 unspecified atom stereocenters. The van der Waals surface area contributed by atoms with Crippen LogP contribution >= 0.6 is 0 Å². The van der Waals surface area contributed by atoms with E-state index in [1.807, 2.05) is 12.4 Å². The van der Waals surface area contributed by atoms with Gasteiger partial charge in [0.15, 0.2) is 0 Å². The maximum absolute atomic E-state index is 5.21. The first kappa shape index (κ1) is 17.9. The Morgan fingerprint density at radius 1 is 1.19 bits per heavy atom. The van der Waals surface area contributed by atoms with Gasteiger partial charge in [0.05, 0.1) is 25.1 Å². The van der Waals surface area contributed by atoms with Gasteiger partial charge in [-0.1, -0.05) is 13.8 Å². The number of nitrogens with zero attached hydrogens (tertiary/aromatic N) is 2. The first-order valence-electron chi connectivity index (χ1n) is 7.55.